The summed E-state index contributed by atoms with van der Waals surface area (Å²) in [6.45, 7) is 9.97. The lowest BCUT2D eigenvalue weighted by molar-refractivity contribution is 0.377. The quantitative estimate of drug-likeness (QED) is 0.474. The average Bonchev–Trinajstić information content (AvgIpc) is 1.98. The van der Waals surface area contributed by atoms with E-state index in [0.717, 1.165) is 12.1 Å². The van der Waals surface area contributed by atoms with Crippen LogP contribution in [0.3, 0.4) is 0 Å². The van der Waals surface area contributed by atoms with Crippen molar-refractivity contribution in [2.45, 2.75) is 19.4 Å². The van der Waals surface area contributed by atoms with Gasteiger partial charge >= 0.3 is 0 Å². The first kappa shape index (κ1) is 6.40. The van der Waals surface area contributed by atoms with E-state index < -0.39 is 0 Å². The molecule has 1 nitrogen and oxygen atoms in total. The third-order valence-electron chi connectivity index (χ3n) is 2.04. The van der Waals surface area contributed by atoms with E-state index in [0.29, 0.717) is 6.04 Å². The third kappa shape index (κ3) is 0.869. The van der Waals surface area contributed by atoms with Crippen LogP contribution >= 0.6 is 0 Å². The number of likely N-dealkylation sites (N-methyl/N-ethyl adjacent to an activating group) is 1. The van der Waals surface area contributed by atoms with Crippen LogP contribution in [0.25, 0.3) is 0 Å². The van der Waals surface area contributed by atoms with Gasteiger partial charge in [0.2, 0.25) is 0 Å². The molecule has 0 radical (unpaired) electrons. The predicted octanol–water partition coefficient (Wildman–Crippen LogP) is 1.78. The summed E-state index contributed by atoms with van der Waals surface area (Å²) in [6.07, 6.45) is 1.08. The predicted molar refractivity (Wildman–Crippen MR) is 40.1 cm³/mol. The van der Waals surface area contributed by atoms with E-state index in [1.807, 2.05) is 0 Å². The second kappa shape index (κ2) is 1.90. The van der Waals surface area contributed by atoms with E-state index >= 15 is 0 Å². The van der Waals surface area contributed by atoms with Gasteiger partial charge in [0.15, 0.2) is 0 Å². The Hall–Kier alpha value is -0.720. The lowest BCUT2D eigenvalue weighted by Gasteiger charge is -2.16. The van der Waals surface area contributed by atoms with Gasteiger partial charge in [-0.3, -0.25) is 0 Å². The van der Waals surface area contributed by atoms with Crippen LogP contribution in [0.15, 0.2) is 24.4 Å². The van der Waals surface area contributed by atoms with E-state index in [1.54, 1.807) is 0 Å². The van der Waals surface area contributed by atoms with Gasteiger partial charge in [-0.15, -0.1) is 0 Å². The molecule has 1 aliphatic rings. The highest BCUT2D eigenvalue weighted by atomic mass is 15.2. The molecule has 1 unspecified atom stereocenters. The van der Waals surface area contributed by atoms with E-state index in [2.05, 4.69) is 32.0 Å². The lowest BCUT2D eigenvalue weighted by atomic mass is 10.2. The van der Waals surface area contributed by atoms with Gasteiger partial charge in [0.25, 0.3) is 0 Å². The Bertz CT molecular complexity index is 158. The summed E-state index contributed by atoms with van der Waals surface area (Å²) in [5.41, 5.74) is 2.28. The van der Waals surface area contributed by atoms with Crippen LogP contribution in [0.1, 0.15) is 13.3 Å². The largest absolute Gasteiger partial charge is 0.372 e. The molecular weight excluding hydrogens is 110 g/mol. The molecule has 0 spiro atoms. The zero-order valence-corrected chi connectivity index (χ0v) is 6.15. The number of rotatable bonds is 0. The molecule has 1 fully saturated rings. The molecule has 0 amide bonds. The number of nitrogens with zero attached hydrogens (tertiary/aromatic N) is 1. The van der Waals surface area contributed by atoms with Crippen LogP contribution in [0.4, 0.5) is 0 Å². The minimum Gasteiger partial charge on any atom is -0.372 e. The van der Waals surface area contributed by atoms with Crippen molar-refractivity contribution in [3.63, 3.8) is 0 Å². The molecule has 0 N–H and O–H groups in total. The Labute approximate surface area is 56.7 Å². The molecule has 1 heteroatoms. The Morgan fingerprint density at radius 1 is 1.56 bits per heavy atom. The average molecular weight is 123 g/mol. The van der Waals surface area contributed by atoms with Gasteiger partial charge in [-0.05, 0) is 18.9 Å². The molecule has 0 aliphatic carbocycles. The van der Waals surface area contributed by atoms with Crippen molar-refractivity contribution in [1.82, 2.24) is 4.90 Å². The summed E-state index contributed by atoms with van der Waals surface area (Å²) in [4.78, 5) is 2.17. The van der Waals surface area contributed by atoms with Gasteiger partial charge in [-0.1, -0.05) is 13.2 Å². The first-order valence-corrected chi connectivity index (χ1v) is 3.23. The lowest BCUT2D eigenvalue weighted by Crippen LogP contribution is -2.19. The van der Waals surface area contributed by atoms with Gasteiger partial charge in [0.05, 0.1) is 0 Å². The SMILES string of the molecule is C=C1CC(C)N(C)C1=C. The first-order chi connectivity index (χ1) is 4.13. The number of allylic oxidation sites excluding steroid dienone is 1. The maximum absolute atomic E-state index is 3.89. The molecule has 1 saturated heterocycles. The van der Waals surface area contributed by atoms with E-state index in [9.17, 15) is 0 Å². The molecule has 0 aromatic carbocycles. The standard InChI is InChI=1S/C8H13N/c1-6-5-7(2)9(4)8(6)3/h7H,1,3,5H2,2,4H3. The van der Waals surface area contributed by atoms with Crippen molar-refractivity contribution in [3.05, 3.63) is 24.4 Å². The minimum absolute atomic E-state index is 0.602. The van der Waals surface area contributed by atoms with Crippen molar-refractivity contribution in [3.8, 4) is 0 Å². The summed E-state index contributed by atoms with van der Waals surface area (Å²) in [5.74, 6) is 0. The molecule has 0 saturated carbocycles. The maximum Gasteiger partial charge on any atom is 0.0320 e. The Kier molecular flexibility index (Phi) is 1.35. The van der Waals surface area contributed by atoms with E-state index in [1.165, 1.54) is 5.57 Å². The summed E-state index contributed by atoms with van der Waals surface area (Å²) in [7, 11) is 2.06. The van der Waals surface area contributed by atoms with Gasteiger partial charge < -0.3 is 4.90 Å². The van der Waals surface area contributed by atoms with Crippen molar-refractivity contribution < 1.29 is 0 Å². The fraction of sp³-hybridized carbons (Fsp3) is 0.500. The highest BCUT2D eigenvalue weighted by Crippen LogP contribution is 2.27. The fourth-order valence-corrected chi connectivity index (χ4v) is 1.13. The zero-order valence-electron chi connectivity index (χ0n) is 6.15. The smallest absolute Gasteiger partial charge is 0.0320 e. The summed E-state index contributed by atoms with van der Waals surface area (Å²) < 4.78 is 0. The highest BCUT2D eigenvalue weighted by Gasteiger charge is 2.21. The topological polar surface area (TPSA) is 3.24 Å². The molecular formula is C8H13N. The minimum atomic E-state index is 0.602. The molecule has 0 bridgehead atoms. The number of hydrogen-bond acceptors (Lipinski definition) is 1. The van der Waals surface area contributed by atoms with Crippen LogP contribution in [0, 0.1) is 0 Å². The van der Waals surface area contributed by atoms with Crippen LogP contribution in [-0.4, -0.2) is 18.0 Å². The molecule has 9 heavy (non-hydrogen) atoms. The van der Waals surface area contributed by atoms with Crippen LogP contribution in [-0.2, 0) is 0 Å². The summed E-state index contributed by atoms with van der Waals surface area (Å²) in [5, 5.41) is 0. The molecule has 0 aromatic rings. The number of likely N-dealkylation sites (tertiary alicyclic amines) is 1. The second-order valence-electron chi connectivity index (χ2n) is 2.71. The molecule has 1 rings (SSSR count). The van der Waals surface area contributed by atoms with Gasteiger partial charge in [-0.25, -0.2) is 0 Å². The normalized spacial score (nSPS) is 27.8. The highest BCUT2D eigenvalue weighted by molar-refractivity contribution is 5.30. The van der Waals surface area contributed by atoms with Crippen LogP contribution in [0.5, 0.6) is 0 Å². The Balaban J connectivity index is 2.77. The summed E-state index contributed by atoms with van der Waals surface area (Å²) in [6, 6.07) is 0.602. The van der Waals surface area contributed by atoms with Crippen molar-refractivity contribution in [1.29, 1.82) is 0 Å². The zero-order chi connectivity index (χ0) is 7.02. The molecule has 50 valence electrons. The Morgan fingerprint density at radius 2 is 2.11 bits per heavy atom. The van der Waals surface area contributed by atoms with E-state index in [-0.39, 0.29) is 0 Å². The molecule has 1 atom stereocenters. The van der Waals surface area contributed by atoms with Gasteiger partial charge in [0.1, 0.15) is 0 Å². The third-order valence-corrected chi connectivity index (χ3v) is 2.04. The van der Waals surface area contributed by atoms with Crippen molar-refractivity contribution in [2.75, 3.05) is 7.05 Å². The van der Waals surface area contributed by atoms with Crippen LogP contribution in [0.2, 0.25) is 0 Å². The molecule has 0 aromatic heterocycles. The first-order valence-electron chi connectivity index (χ1n) is 3.23. The monoisotopic (exact) mass is 123 g/mol. The van der Waals surface area contributed by atoms with E-state index in [4.69, 9.17) is 0 Å². The second-order valence-corrected chi connectivity index (χ2v) is 2.71. The maximum atomic E-state index is 3.89. The van der Waals surface area contributed by atoms with Crippen LogP contribution < -0.4 is 0 Å². The van der Waals surface area contributed by atoms with Crippen molar-refractivity contribution in [2.24, 2.45) is 0 Å². The summed E-state index contributed by atoms with van der Waals surface area (Å²) >= 11 is 0. The van der Waals surface area contributed by atoms with Gasteiger partial charge in [-0.2, -0.15) is 0 Å². The number of hydrogen-bond donors (Lipinski definition) is 0. The Morgan fingerprint density at radius 3 is 2.22 bits per heavy atom. The molecule has 1 aliphatic heterocycles. The van der Waals surface area contributed by atoms with Crippen molar-refractivity contribution >= 4 is 0 Å². The fourth-order valence-electron chi connectivity index (χ4n) is 1.13. The van der Waals surface area contributed by atoms with Gasteiger partial charge in [0, 0.05) is 18.8 Å². The molecule has 1 heterocycles.